The van der Waals surface area contributed by atoms with Crippen molar-refractivity contribution < 1.29 is 9.90 Å². The standard InChI is InChI=1S/C19H30O2/c1-3-4-5-6-7-8-9-10-11-18(19(20)21)17-14-12-16(2)13-15-17/h12-15,18H,3-11H2,1-2H3,(H,20,21). The Labute approximate surface area is 129 Å². The molecule has 2 nitrogen and oxygen atoms in total. The lowest BCUT2D eigenvalue weighted by atomic mass is 9.92. The second-order valence-electron chi connectivity index (χ2n) is 6.07. The summed E-state index contributed by atoms with van der Waals surface area (Å²) >= 11 is 0. The van der Waals surface area contributed by atoms with Gasteiger partial charge in [0.05, 0.1) is 5.92 Å². The van der Waals surface area contributed by atoms with E-state index in [0.29, 0.717) is 0 Å². The van der Waals surface area contributed by atoms with E-state index in [1.807, 2.05) is 31.2 Å². The number of benzene rings is 1. The molecule has 0 heterocycles. The van der Waals surface area contributed by atoms with Crippen LogP contribution in [0.1, 0.15) is 81.8 Å². The molecular weight excluding hydrogens is 260 g/mol. The van der Waals surface area contributed by atoms with E-state index >= 15 is 0 Å². The molecule has 1 rings (SSSR count). The first-order valence-corrected chi connectivity index (χ1v) is 8.44. The van der Waals surface area contributed by atoms with Crippen molar-refractivity contribution in [3.63, 3.8) is 0 Å². The molecular formula is C19H30O2. The zero-order chi connectivity index (χ0) is 15.5. The van der Waals surface area contributed by atoms with Crippen LogP contribution in [0.5, 0.6) is 0 Å². The van der Waals surface area contributed by atoms with Crippen LogP contribution in [-0.2, 0) is 4.79 Å². The highest BCUT2D eigenvalue weighted by molar-refractivity contribution is 5.76. The number of rotatable bonds is 11. The second kappa shape index (κ2) is 10.4. The van der Waals surface area contributed by atoms with E-state index in [9.17, 15) is 9.90 Å². The van der Waals surface area contributed by atoms with Crippen molar-refractivity contribution in [1.29, 1.82) is 0 Å². The molecule has 2 heteroatoms. The van der Waals surface area contributed by atoms with Crippen molar-refractivity contribution in [3.05, 3.63) is 35.4 Å². The summed E-state index contributed by atoms with van der Waals surface area (Å²) in [5.74, 6) is -1.03. The Morgan fingerprint density at radius 3 is 2.00 bits per heavy atom. The van der Waals surface area contributed by atoms with Crippen molar-refractivity contribution in [2.24, 2.45) is 0 Å². The first-order valence-electron chi connectivity index (χ1n) is 8.44. The lowest BCUT2D eigenvalue weighted by molar-refractivity contribution is -0.139. The highest BCUT2D eigenvalue weighted by Gasteiger charge is 2.18. The van der Waals surface area contributed by atoms with Gasteiger partial charge in [-0.05, 0) is 18.9 Å². The van der Waals surface area contributed by atoms with E-state index in [2.05, 4.69) is 6.92 Å². The predicted octanol–water partition coefficient (Wildman–Crippen LogP) is 5.69. The first-order chi connectivity index (χ1) is 10.1. The van der Waals surface area contributed by atoms with Crippen LogP contribution in [0.3, 0.4) is 0 Å². The minimum Gasteiger partial charge on any atom is -0.481 e. The zero-order valence-electron chi connectivity index (χ0n) is 13.6. The molecule has 1 unspecified atom stereocenters. The van der Waals surface area contributed by atoms with Crippen LogP contribution >= 0.6 is 0 Å². The summed E-state index contributed by atoms with van der Waals surface area (Å²) in [4.78, 5) is 11.4. The number of aryl methyl sites for hydroxylation is 1. The molecule has 0 saturated heterocycles. The quantitative estimate of drug-likeness (QED) is 0.531. The zero-order valence-corrected chi connectivity index (χ0v) is 13.6. The topological polar surface area (TPSA) is 37.3 Å². The number of hydrogen-bond donors (Lipinski definition) is 1. The van der Waals surface area contributed by atoms with Gasteiger partial charge < -0.3 is 5.11 Å². The molecule has 0 radical (unpaired) electrons. The Kier molecular flexibility index (Phi) is 8.80. The summed E-state index contributed by atoms with van der Waals surface area (Å²) < 4.78 is 0. The lowest BCUT2D eigenvalue weighted by Gasteiger charge is -2.13. The Bertz CT molecular complexity index is 395. The normalized spacial score (nSPS) is 12.3. The molecule has 0 fully saturated rings. The molecule has 0 bridgehead atoms. The summed E-state index contributed by atoms with van der Waals surface area (Å²) in [5, 5.41) is 9.40. The molecule has 0 amide bonds. The van der Waals surface area contributed by atoms with Gasteiger partial charge in [-0.2, -0.15) is 0 Å². The average Bonchev–Trinajstić information content (AvgIpc) is 2.47. The second-order valence-corrected chi connectivity index (χ2v) is 6.07. The molecule has 1 atom stereocenters. The predicted molar refractivity (Wildman–Crippen MR) is 88.8 cm³/mol. The summed E-state index contributed by atoms with van der Waals surface area (Å²) in [5.41, 5.74) is 2.12. The van der Waals surface area contributed by atoms with Gasteiger partial charge in [0.25, 0.3) is 0 Å². The summed E-state index contributed by atoms with van der Waals surface area (Å²) in [6.07, 6.45) is 10.8. The van der Waals surface area contributed by atoms with Crippen LogP contribution in [0.25, 0.3) is 0 Å². The molecule has 0 aromatic heterocycles. The lowest BCUT2D eigenvalue weighted by Crippen LogP contribution is -2.11. The third kappa shape index (κ3) is 7.31. The molecule has 0 saturated carbocycles. The average molecular weight is 290 g/mol. The summed E-state index contributed by atoms with van der Waals surface area (Å²) in [6, 6.07) is 7.91. The van der Waals surface area contributed by atoms with E-state index in [1.165, 1.54) is 44.1 Å². The van der Waals surface area contributed by atoms with Gasteiger partial charge >= 0.3 is 5.97 Å². The van der Waals surface area contributed by atoms with E-state index in [1.54, 1.807) is 0 Å². The van der Waals surface area contributed by atoms with Crippen LogP contribution in [0.2, 0.25) is 0 Å². The van der Waals surface area contributed by atoms with Crippen molar-refractivity contribution >= 4 is 5.97 Å². The van der Waals surface area contributed by atoms with Crippen molar-refractivity contribution in [1.82, 2.24) is 0 Å². The molecule has 0 aliphatic rings. The van der Waals surface area contributed by atoms with E-state index < -0.39 is 5.97 Å². The Morgan fingerprint density at radius 2 is 1.48 bits per heavy atom. The molecule has 0 spiro atoms. The van der Waals surface area contributed by atoms with Crippen molar-refractivity contribution in [3.8, 4) is 0 Å². The van der Waals surface area contributed by atoms with Crippen LogP contribution < -0.4 is 0 Å². The van der Waals surface area contributed by atoms with Gasteiger partial charge in [-0.1, -0.05) is 88.1 Å². The van der Waals surface area contributed by atoms with Crippen LogP contribution in [-0.4, -0.2) is 11.1 Å². The van der Waals surface area contributed by atoms with Crippen molar-refractivity contribution in [2.75, 3.05) is 0 Å². The minimum atomic E-state index is -0.693. The number of hydrogen-bond acceptors (Lipinski definition) is 1. The fourth-order valence-corrected chi connectivity index (χ4v) is 2.71. The minimum absolute atomic E-state index is 0.342. The molecule has 0 aliphatic heterocycles. The van der Waals surface area contributed by atoms with E-state index in [-0.39, 0.29) is 5.92 Å². The fraction of sp³-hybridized carbons (Fsp3) is 0.632. The molecule has 21 heavy (non-hydrogen) atoms. The van der Waals surface area contributed by atoms with Crippen molar-refractivity contribution in [2.45, 2.75) is 77.6 Å². The number of aliphatic carboxylic acids is 1. The van der Waals surface area contributed by atoms with Crippen LogP contribution in [0.4, 0.5) is 0 Å². The van der Waals surface area contributed by atoms with E-state index in [0.717, 1.165) is 24.8 Å². The molecule has 1 aromatic carbocycles. The Balaban J connectivity index is 2.26. The first kappa shape index (κ1) is 17.7. The number of unbranched alkanes of at least 4 members (excludes halogenated alkanes) is 7. The summed E-state index contributed by atoms with van der Waals surface area (Å²) in [6.45, 7) is 4.26. The Morgan fingerprint density at radius 1 is 0.952 bits per heavy atom. The van der Waals surface area contributed by atoms with Gasteiger partial charge in [0, 0.05) is 0 Å². The van der Waals surface area contributed by atoms with Gasteiger partial charge in [0.15, 0.2) is 0 Å². The van der Waals surface area contributed by atoms with Gasteiger partial charge in [-0.25, -0.2) is 0 Å². The molecule has 1 aromatic rings. The third-order valence-corrected chi connectivity index (χ3v) is 4.12. The number of carbonyl (C=O) groups is 1. The molecule has 0 aliphatic carbocycles. The number of carboxylic acid groups (broad SMARTS) is 1. The smallest absolute Gasteiger partial charge is 0.310 e. The monoisotopic (exact) mass is 290 g/mol. The SMILES string of the molecule is CCCCCCCCCCC(C(=O)O)c1ccc(C)cc1. The van der Waals surface area contributed by atoms with Gasteiger partial charge in [-0.3, -0.25) is 4.79 Å². The molecule has 1 N–H and O–H groups in total. The Hall–Kier alpha value is -1.31. The maximum atomic E-state index is 11.4. The fourth-order valence-electron chi connectivity index (χ4n) is 2.71. The third-order valence-electron chi connectivity index (χ3n) is 4.12. The summed E-state index contributed by atoms with van der Waals surface area (Å²) in [7, 11) is 0. The molecule has 118 valence electrons. The van der Waals surface area contributed by atoms with Gasteiger partial charge in [-0.15, -0.1) is 0 Å². The van der Waals surface area contributed by atoms with Gasteiger partial charge in [0.2, 0.25) is 0 Å². The van der Waals surface area contributed by atoms with Crippen LogP contribution in [0, 0.1) is 6.92 Å². The highest BCUT2D eigenvalue weighted by atomic mass is 16.4. The highest BCUT2D eigenvalue weighted by Crippen LogP contribution is 2.23. The maximum absolute atomic E-state index is 11.4. The van der Waals surface area contributed by atoms with E-state index in [4.69, 9.17) is 0 Å². The number of carboxylic acids is 1. The largest absolute Gasteiger partial charge is 0.481 e. The maximum Gasteiger partial charge on any atom is 0.310 e. The van der Waals surface area contributed by atoms with Gasteiger partial charge in [0.1, 0.15) is 0 Å². The van der Waals surface area contributed by atoms with Crippen LogP contribution in [0.15, 0.2) is 24.3 Å².